The molecule has 0 aliphatic carbocycles. The van der Waals surface area contributed by atoms with Gasteiger partial charge in [-0.2, -0.15) is 4.31 Å². The highest BCUT2D eigenvalue weighted by atomic mass is 32.2. The summed E-state index contributed by atoms with van der Waals surface area (Å²) in [5, 5.41) is -0.157. The molecular weight excluding hydrogens is 362 g/mol. The monoisotopic (exact) mass is 381 g/mol. The molecule has 3 aromatic carbocycles. The second kappa shape index (κ2) is 7.27. The molecule has 0 radical (unpaired) electrons. The van der Waals surface area contributed by atoms with Crippen molar-refractivity contribution in [3.63, 3.8) is 0 Å². The highest BCUT2D eigenvalue weighted by Crippen LogP contribution is 2.41. The van der Waals surface area contributed by atoms with Gasteiger partial charge in [-0.1, -0.05) is 72.8 Å². The van der Waals surface area contributed by atoms with Gasteiger partial charge in [-0.15, -0.1) is 11.8 Å². The van der Waals surface area contributed by atoms with Gasteiger partial charge in [0.15, 0.2) is 0 Å². The van der Waals surface area contributed by atoms with Crippen LogP contribution < -0.4 is 0 Å². The third-order valence-electron chi connectivity index (χ3n) is 4.50. The molecule has 0 amide bonds. The van der Waals surface area contributed by atoms with E-state index in [4.69, 9.17) is 0 Å². The van der Waals surface area contributed by atoms with Gasteiger partial charge in [0, 0.05) is 12.3 Å². The van der Waals surface area contributed by atoms with Gasteiger partial charge in [0.05, 0.1) is 10.3 Å². The van der Waals surface area contributed by atoms with Crippen molar-refractivity contribution in [2.45, 2.75) is 10.3 Å². The van der Waals surface area contributed by atoms with Crippen molar-refractivity contribution in [1.82, 2.24) is 4.31 Å². The minimum atomic E-state index is -3.52. The smallest absolute Gasteiger partial charge is 0.207 e. The Morgan fingerprint density at radius 1 is 0.769 bits per heavy atom. The number of hydrogen-bond acceptors (Lipinski definition) is 3. The number of benzene rings is 3. The lowest BCUT2D eigenvalue weighted by Crippen LogP contribution is -2.30. The minimum Gasteiger partial charge on any atom is -0.207 e. The molecule has 0 N–H and O–H groups in total. The normalized spacial score (nSPS) is 18.1. The fourth-order valence-electron chi connectivity index (χ4n) is 3.17. The maximum atomic E-state index is 13.2. The Hall–Kier alpha value is -2.08. The van der Waals surface area contributed by atoms with Crippen molar-refractivity contribution in [1.29, 1.82) is 0 Å². The Morgan fingerprint density at radius 3 is 2.00 bits per heavy atom. The predicted molar refractivity (Wildman–Crippen MR) is 107 cm³/mol. The van der Waals surface area contributed by atoms with E-state index in [2.05, 4.69) is 0 Å². The summed E-state index contributed by atoms with van der Waals surface area (Å²) < 4.78 is 28.0. The topological polar surface area (TPSA) is 37.4 Å². The number of thioether (sulfide) groups is 1. The van der Waals surface area contributed by atoms with Crippen LogP contribution >= 0.6 is 11.8 Å². The Kier molecular flexibility index (Phi) is 4.85. The van der Waals surface area contributed by atoms with Gasteiger partial charge in [-0.05, 0) is 28.8 Å². The SMILES string of the molecule is O=S(=O)(c1ccc(-c2ccccc2)cc1)N1CCS[C@@H]1c1ccccc1. The van der Waals surface area contributed by atoms with Crippen LogP contribution in [0.25, 0.3) is 11.1 Å². The van der Waals surface area contributed by atoms with Crippen molar-refractivity contribution in [3.8, 4) is 11.1 Å². The zero-order valence-electron chi connectivity index (χ0n) is 14.2. The van der Waals surface area contributed by atoms with Crippen molar-refractivity contribution < 1.29 is 8.42 Å². The Morgan fingerprint density at radius 2 is 1.35 bits per heavy atom. The van der Waals surface area contributed by atoms with Crippen LogP contribution in [0.3, 0.4) is 0 Å². The van der Waals surface area contributed by atoms with Gasteiger partial charge in [0.25, 0.3) is 0 Å². The molecule has 1 saturated heterocycles. The van der Waals surface area contributed by atoms with E-state index in [1.165, 1.54) is 0 Å². The molecular formula is C21H19NO2S2. The Balaban J connectivity index is 1.64. The lowest BCUT2D eigenvalue weighted by molar-refractivity contribution is 0.434. The molecule has 132 valence electrons. The van der Waals surface area contributed by atoms with E-state index in [-0.39, 0.29) is 5.37 Å². The molecule has 0 bridgehead atoms. The zero-order valence-corrected chi connectivity index (χ0v) is 15.8. The van der Waals surface area contributed by atoms with Crippen LogP contribution in [0, 0.1) is 0 Å². The van der Waals surface area contributed by atoms with Crippen LogP contribution in [0.15, 0.2) is 89.8 Å². The molecule has 3 aromatic rings. The predicted octanol–water partition coefficient (Wildman–Crippen LogP) is 4.79. The average molecular weight is 382 g/mol. The summed E-state index contributed by atoms with van der Waals surface area (Å²) in [4.78, 5) is 0.348. The molecule has 0 aromatic heterocycles. The van der Waals surface area contributed by atoms with Gasteiger partial charge in [-0.25, -0.2) is 8.42 Å². The number of nitrogens with zero attached hydrogens (tertiary/aromatic N) is 1. The summed E-state index contributed by atoms with van der Waals surface area (Å²) in [7, 11) is -3.52. The van der Waals surface area contributed by atoms with Crippen molar-refractivity contribution in [2.24, 2.45) is 0 Å². The average Bonchev–Trinajstić information content (AvgIpc) is 3.20. The van der Waals surface area contributed by atoms with E-state index in [0.717, 1.165) is 22.4 Å². The molecule has 0 unspecified atom stereocenters. The van der Waals surface area contributed by atoms with E-state index in [0.29, 0.717) is 11.4 Å². The first kappa shape index (κ1) is 17.3. The lowest BCUT2D eigenvalue weighted by Gasteiger charge is -2.23. The summed E-state index contributed by atoms with van der Waals surface area (Å²) >= 11 is 1.67. The number of sulfonamides is 1. The summed E-state index contributed by atoms with van der Waals surface area (Å²) in [6.45, 7) is 0.535. The van der Waals surface area contributed by atoms with E-state index in [1.54, 1.807) is 28.2 Å². The fraction of sp³-hybridized carbons (Fsp3) is 0.143. The largest absolute Gasteiger partial charge is 0.244 e. The molecule has 5 heteroatoms. The van der Waals surface area contributed by atoms with Crippen molar-refractivity contribution in [3.05, 3.63) is 90.5 Å². The van der Waals surface area contributed by atoms with E-state index in [9.17, 15) is 8.42 Å². The summed E-state index contributed by atoms with van der Waals surface area (Å²) in [5.41, 5.74) is 3.12. The molecule has 1 aliphatic rings. The lowest BCUT2D eigenvalue weighted by atomic mass is 10.1. The molecule has 1 fully saturated rings. The molecule has 1 atom stereocenters. The third-order valence-corrected chi connectivity index (χ3v) is 7.77. The van der Waals surface area contributed by atoms with Gasteiger partial charge in [0.1, 0.15) is 0 Å². The highest BCUT2D eigenvalue weighted by molar-refractivity contribution is 8.01. The molecule has 1 heterocycles. The molecule has 0 saturated carbocycles. The maximum Gasteiger partial charge on any atom is 0.244 e. The number of hydrogen-bond donors (Lipinski definition) is 0. The van der Waals surface area contributed by atoms with Gasteiger partial charge in [0.2, 0.25) is 10.0 Å². The van der Waals surface area contributed by atoms with Crippen molar-refractivity contribution in [2.75, 3.05) is 12.3 Å². The molecule has 26 heavy (non-hydrogen) atoms. The second-order valence-corrected chi connectivity index (χ2v) is 9.22. The van der Waals surface area contributed by atoms with Crippen LogP contribution in [-0.2, 0) is 10.0 Å². The minimum absolute atomic E-state index is 0.157. The first-order valence-electron chi connectivity index (χ1n) is 8.50. The Bertz CT molecular complexity index is 972. The first-order chi connectivity index (χ1) is 12.7. The first-order valence-corrected chi connectivity index (χ1v) is 11.0. The molecule has 3 nitrogen and oxygen atoms in total. The van der Waals surface area contributed by atoms with Crippen LogP contribution in [0.1, 0.15) is 10.9 Å². The van der Waals surface area contributed by atoms with Gasteiger partial charge in [-0.3, -0.25) is 0 Å². The van der Waals surface area contributed by atoms with Gasteiger partial charge < -0.3 is 0 Å². The summed E-state index contributed by atoms with van der Waals surface area (Å²) in [6, 6.07) is 27.0. The van der Waals surface area contributed by atoms with Crippen LogP contribution in [0.5, 0.6) is 0 Å². The quantitative estimate of drug-likeness (QED) is 0.652. The molecule has 1 aliphatic heterocycles. The van der Waals surface area contributed by atoms with E-state index < -0.39 is 10.0 Å². The fourth-order valence-corrected chi connectivity index (χ4v) is 6.41. The van der Waals surface area contributed by atoms with Gasteiger partial charge >= 0.3 is 0 Å². The Labute approximate surface area is 158 Å². The van der Waals surface area contributed by atoms with Crippen LogP contribution in [0.2, 0.25) is 0 Å². The third kappa shape index (κ3) is 3.30. The van der Waals surface area contributed by atoms with Crippen LogP contribution in [-0.4, -0.2) is 25.0 Å². The van der Waals surface area contributed by atoms with E-state index >= 15 is 0 Å². The van der Waals surface area contributed by atoms with Crippen LogP contribution in [0.4, 0.5) is 0 Å². The molecule has 4 rings (SSSR count). The highest BCUT2D eigenvalue weighted by Gasteiger charge is 2.36. The standard InChI is InChI=1S/C21H19NO2S2/c23-26(24,22-15-16-25-21(22)19-9-5-2-6-10-19)20-13-11-18(12-14-20)17-7-3-1-4-8-17/h1-14,21H,15-16H2/t21-/m1/s1. The second-order valence-electron chi connectivity index (χ2n) is 6.14. The van der Waals surface area contributed by atoms with E-state index in [1.807, 2.05) is 72.8 Å². The summed E-state index contributed by atoms with van der Waals surface area (Å²) in [5.74, 6) is 0.806. The number of rotatable bonds is 4. The maximum absolute atomic E-state index is 13.2. The van der Waals surface area contributed by atoms with Crippen molar-refractivity contribution >= 4 is 21.8 Å². The molecule has 0 spiro atoms. The zero-order chi connectivity index (χ0) is 18.0. The summed E-state index contributed by atoms with van der Waals surface area (Å²) in [6.07, 6.45) is 0.